The van der Waals surface area contributed by atoms with Gasteiger partial charge in [-0.1, -0.05) is 12.1 Å². The molecule has 1 aromatic carbocycles. The molecule has 26 heavy (non-hydrogen) atoms. The molecule has 0 fully saturated rings. The van der Waals surface area contributed by atoms with Crippen molar-refractivity contribution in [2.45, 2.75) is 6.92 Å². The van der Waals surface area contributed by atoms with E-state index in [0.717, 1.165) is 22.3 Å². The number of anilines is 5. The molecule has 7 heteroatoms. The average molecular weight is 343 g/mol. The molecule has 0 spiro atoms. The maximum Gasteiger partial charge on any atom is 0.160 e. The third kappa shape index (κ3) is 3.10. The molecular weight excluding hydrogens is 326 g/mol. The van der Waals surface area contributed by atoms with Gasteiger partial charge in [-0.3, -0.25) is 4.98 Å². The number of aromatic nitrogens is 4. The molecule has 4 aromatic rings. The zero-order valence-corrected chi connectivity index (χ0v) is 14.1. The summed E-state index contributed by atoms with van der Waals surface area (Å²) in [6.45, 7) is 1.93. The fraction of sp³-hybridized carbons (Fsp3) is 0.0526. The number of nitrogens with zero attached hydrogens (tertiary/aromatic N) is 4. The fourth-order valence-electron chi connectivity index (χ4n) is 2.67. The van der Waals surface area contributed by atoms with Crippen LogP contribution >= 0.6 is 0 Å². The lowest BCUT2D eigenvalue weighted by molar-refractivity contribution is 1.15. The molecule has 0 aliphatic rings. The maximum absolute atomic E-state index is 6.27. The second-order valence-electron chi connectivity index (χ2n) is 5.77. The summed E-state index contributed by atoms with van der Waals surface area (Å²) >= 11 is 0. The molecule has 0 amide bonds. The van der Waals surface area contributed by atoms with Crippen molar-refractivity contribution < 1.29 is 0 Å². The third-order valence-corrected chi connectivity index (χ3v) is 3.92. The van der Waals surface area contributed by atoms with Crippen molar-refractivity contribution in [3.8, 4) is 0 Å². The molecule has 0 radical (unpaired) electrons. The van der Waals surface area contributed by atoms with E-state index in [2.05, 4.69) is 30.6 Å². The molecule has 128 valence electrons. The minimum Gasteiger partial charge on any atom is -0.393 e. The van der Waals surface area contributed by atoms with Gasteiger partial charge in [-0.25, -0.2) is 15.0 Å². The predicted octanol–water partition coefficient (Wildman–Crippen LogP) is 3.80. The molecule has 0 saturated carbocycles. The standard InChI is InChI=1S/C19H17N7/c1-12-5-2-9-16(24-12)26-19-17(20)18(22-11-23-19)25-15-8-3-7-14-13(15)6-4-10-21-14/h2-11H,20H2,1H3,(H2,22,23,24,25,26). The van der Waals surface area contributed by atoms with Crippen molar-refractivity contribution in [2.24, 2.45) is 0 Å². The molecule has 0 aliphatic carbocycles. The molecule has 0 saturated heterocycles. The number of nitrogen functional groups attached to an aromatic ring is 1. The summed E-state index contributed by atoms with van der Waals surface area (Å²) < 4.78 is 0. The molecule has 0 unspecified atom stereocenters. The highest BCUT2D eigenvalue weighted by molar-refractivity contribution is 5.94. The Morgan fingerprint density at radius 3 is 2.50 bits per heavy atom. The SMILES string of the molecule is Cc1cccc(Nc2ncnc(Nc3cccc4ncccc34)c2N)n1. The summed E-state index contributed by atoms with van der Waals surface area (Å²) in [7, 11) is 0. The number of nitrogens with one attached hydrogen (secondary N) is 2. The van der Waals surface area contributed by atoms with E-state index in [1.54, 1.807) is 6.20 Å². The first-order valence-corrected chi connectivity index (χ1v) is 8.12. The number of hydrogen-bond acceptors (Lipinski definition) is 7. The Labute approximate surface area is 150 Å². The van der Waals surface area contributed by atoms with Gasteiger partial charge in [0, 0.05) is 23.0 Å². The lowest BCUT2D eigenvalue weighted by Crippen LogP contribution is -2.06. The summed E-state index contributed by atoms with van der Waals surface area (Å²) in [5.41, 5.74) is 9.36. The van der Waals surface area contributed by atoms with E-state index in [4.69, 9.17) is 5.73 Å². The number of nitrogens with two attached hydrogens (primary N) is 1. The number of aryl methyl sites for hydroxylation is 1. The lowest BCUT2D eigenvalue weighted by Gasteiger charge is -2.13. The van der Waals surface area contributed by atoms with Gasteiger partial charge in [0.2, 0.25) is 0 Å². The molecular formula is C19H17N7. The first kappa shape index (κ1) is 15.8. The van der Waals surface area contributed by atoms with Crippen molar-refractivity contribution in [2.75, 3.05) is 16.4 Å². The van der Waals surface area contributed by atoms with Crippen LogP contribution < -0.4 is 16.4 Å². The molecule has 4 rings (SSSR count). The van der Waals surface area contributed by atoms with Crippen LogP contribution in [0.2, 0.25) is 0 Å². The summed E-state index contributed by atoms with van der Waals surface area (Å²) in [6, 6.07) is 15.5. The van der Waals surface area contributed by atoms with Crippen LogP contribution in [0.4, 0.5) is 28.8 Å². The van der Waals surface area contributed by atoms with Crippen molar-refractivity contribution in [1.82, 2.24) is 19.9 Å². The predicted molar refractivity (Wildman–Crippen MR) is 104 cm³/mol. The van der Waals surface area contributed by atoms with E-state index in [1.165, 1.54) is 6.33 Å². The monoisotopic (exact) mass is 343 g/mol. The minimum absolute atomic E-state index is 0.414. The number of benzene rings is 1. The van der Waals surface area contributed by atoms with Crippen LogP contribution in [0.1, 0.15) is 5.69 Å². The second kappa shape index (κ2) is 6.64. The van der Waals surface area contributed by atoms with Gasteiger partial charge in [-0.15, -0.1) is 0 Å². The number of rotatable bonds is 4. The van der Waals surface area contributed by atoms with Crippen LogP contribution in [0.5, 0.6) is 0 Å². The summed E-state index contributed by atoms with van der Waals surface area (Å²) in [4.78, 5) is 17.3. The topological polar surface area (TPSA) is 102 Å². The molecule has 3 heterocycles. The van der Waals surface area contributed by atoms with Gasteiger partial charge < -0.3 is 16.4 Å². The molecule has 3 aromatic heterocycles. The van der Waals surface area contributed by atoms with Gasteiger partial charge in [0.05, 0.1) is 5.52 Å². The van der Waals surface area contributed by atoms with Crippen LogP contribution in [-0.2, 0) is 0 Å². The van der Waals surface area contributed by atoms with Crippen molar-refractivity contribution in [1.29, 1.82) is 0 Å². The third-order valence-electron chi connectivity index (χ3n) is 3.92. The quantitative estimate of drug-likeness (QED) is 0.518. The van der Waals surface area contributed by atoms with Crippen LogP contribution in [0, 0.1) is 6.92 Å². The Bertz CT molecular complexity index is 1070. The minimum atomic E-state index is 0.414. The Morgan fingerprint density at radius 1 is 0.846 bits per heavy atom. The van der Waals surface area contributed by atoms with Gasteiger partial charge in [0.1, 0.15) is 17.8 Å². The van der Waals surface area contributed by atoms with E-state index >= 15 is 0 Å². The summed E-state index contributed by atoms with van der Waals surface area (Å²) in [6.07, 6.45) is 3.22. The Kier molecular flexibility index (Phi) is 4.03. The molecule has 0 aliphatic heterocycles. The molecule has 0 bridgehead atoms. The van der Waals surface area contributed by atoms with Gasteiger partial charge >= 0.3 is 0 Å². The Morgan fingerprint density at radius 2 is 1.65 bits per heavy atom. The van der Waals surface area contributed by atoms with Crippen molar-refractivity contribution in [3.63, 3.8) is 0 Å². The molecule has 0 atom stereocenters. The number of fused-ring (bicyclic) bond motifs is 1. The van der Waals surface area contributed by atoms with Crippen LogP contribution in [-0.4, -0.2) is 19.9 Å². The maximum atomic E-state index is 6.27. The van der Waals surface area contributed by atoms with Crippen LogP contribution in [0.3, 0.4) is 0 Å². The highest BCUT2D eigenvalue weighted by Crippen LogP contribution is 2.30. The van der Waals surface area contributed by atoms with E-state index in [-0.39, 0.29) is 0 Å². The van der Waals surface area contributed by atoms with Crippen LogP contribution in [0.25, 0.3) is 10.9 Å². The smallest absolute Gasteiger partial charge is 0.160 e. The van der Waals surface area contributed by atoms with Gasteiger partial charge in [-0.2, -0.15) is 0 Å². The average Bonchev–Trinajstić information content (AvgIpc) is 2.65. The zero-order chi connectivity index (χ0) is 17.9. The Hall–Kier alpha value is -3.74. The molecule has 7 nitrogen and oxygen atoms in total. The fourth-order valence-corrected chi connectivity index (χ4v) is 2.67. The zero-order valence-electron chi connectivity index (χ0n) is 14.1. The number of pyridine rings is 2. The van der Waals surface area contributed by atoms with E-state index in [1.807, 2.05) is 55.5 Å². The van der Waals surface area contributed by atoms with Gasteiger partial charge in [-0.05, 0) is 43.3 Å². The first-order valence-electron chi connectivity index (χ1n) is 8.12. The van der Waals surface area contributed by atoms with Gasteiger partial charge in [0.25, 0.3) is 0 Å². The van der Waals surface area contributed by atoms with Crippen molar-refractivity contribution >= 4 is 39.7 Å². The van der Waals surface area contributed by atoms with E-state index < -0.39 is 0 Å². The highest BCUT2D eigenvalue weighted by Gasteiger charge is 2.11. The van der Waals surface area contributed by atoms with E-state index in [9.17, 15) is 0 Å². The summed E-state index contributed by atoms with van der Waals surface area (Å²) in [5, 5.41) is 7.40. The van der Waals surface area contributed by atoms with Crippen molar-refractivity contribution in [3.05, 3.63) is 66.7 Å². The molecule has 4 N–H and O–H groups in total. The normalized spacial score (nSPS) is 10.7. The lowest BCUT2D eigenvalue weighted by atomic mass is 10.2. The number of hydrogen-bond donors (Lipinski definition) is 3. The van der Waals surface area contributed by atoms with Crippen LogP contribution in [0.15, 0.2) is 61.1 Å². The van der Waals surface area contributed by atoms with Gasteiger partial charge in [0.15, 0.2) is 11.6 Å². The van der Waals surface area contributed by atoms with E-state index in [0.29, 0.717) is 23.1 Å². The highest BCUT2D eigenvalue weighted by atomic mass is 15.1. The largest absolute Gasteiger partial charge is 0.393 e. The first-order chi connectivity index (χ1) is 12.7. The second-order valence-corrected chi connectivity index (χ2v) is 5.77. The Balaban J connectivity index is 1.67. The summed E-state index contributed by atoms with van der Waals surface area (Å²) in [5.74, 6) is 1.70.